The standard InChI is InChI=1S/C16H25ClN2O2/c1-11(9-19(4)5)8-18-15(20)10-21-14-6-12(2)16(17)13(3)7-14/h6-7,11H,8-10H2,1-5H3,(H,18,20)/p+1/t11-/m1/s1. The van der Waals surface area contributed by atoms with Crippen molar-refractivity contribution in [1.82, 2.24) is 5.32 Å². The van der Waals surface area contributed by atoms with Crippen LogP contribution >= 0.6 is 11.6 Å². The summed E-state index contributed by atoms with van der Waals surface area (Å²) in [7, 11) is 4.21. The van der Waals surface area contributed by atoms with Gasteiger partial charge in [0.1, 0.15) is 5.75 Å². The number of halogens is 1. The van der Waals surface area contributed by atoms with Gasteiger partial charge in [-0.2, -0.15) is 0 Å². The Morgan fingerprint density at radius 1 is 1.33 bits per heavy atom. The van der Waals surface area contributed by atoms with Crippen LogP contribution in [0, 0.1) is 19.8 Å². The number of nitrogens with one attached hydrogen (secondary N) is 2. The highest BCUT2D eigenvalue weighted by molar-refractivity contribution is 6.32. The summed E-state index contributed by atoms with van der Waals surface area (Å²) in [4.78, 5) is 13.1. The number of quaternary nitrogens is 1. The number of benzene rings is 1. The maximum atomic E-state index is 11.8. The lowest BCUT2D eigenvalue weighted by molar-refractivity contribution is -0.861. The van der Waals surface area contributed by atoms with Crippen LogP contribution in [0.25, 0.3) is 0 Å². The zero-order chi connectivity index (χ0) is 16.0. The van der Waals surface area contributed by atoms with Gasteiger partial charge < -0.3 is 15.0 Å². The first-order chi connectivity index (χ1) is 9.79. The molecule has 1 aromatic carbocycles. The fourth-order valence-corrected chi connectivity index (χ4v) is 2.36. The van der Waals surface area contributed by atoms with Crippen LogP contribution in [0.4, 0.5) is 0 Å². The van der Waals surface area contributed by atoms with Gasteiger partial charge >= 0.3 is 0 Å². The molecule has 0 aliphatic carbocycles. The molecule has 118 valence electrons. The molecule has 0 aliphatic heterocycles. The van der Waals surface area contributed by atoms with E-state index in [2.05, 4.69) is 26.3 Å². The largest absolute Gasteiger partial charge is 0.484 e. The maximum absolute atomic E-state index is 11.8. The Bertz CT molecular complexity index is 466. The zero-order valence-electron chi connectivity index (χ0n) is 13.5. The molecule has 0 radical (unpaired) electrons. The van der Waals surface area contributed by atoms with Crippen LogP contribution < -0.4 is 15.0 Å². The fourth-order valence-electron chi connectivity index (χ4n) is 2.25. The topological polar surface area (TPSA) is 42.8 Å². The first kappa shape index (κ1) is 17.8. The van der Waals surface area contributed by atoms with Gasteiger partial charge in [0.05, 0.1) is 20.6 Å². The van der Waals surface area contributed by atoms with E-state index in [4.69, 9.17) is 16.3 Å². The average Bonchev–Trinajstić information content (AvgIpc) is 2.39. The van der Waals surface area contributed by atoms with E-state index in [1.54, 1.807) is 0 Å². The Balaban J connectivity index is 2.40. The van der Waals surface area contributed by atoms with Crippen molar-refractivity contribution in [2.45, 2.75) is 20.8 Å². The second-order valence-corrected chi connectivity index (χ2v) is 6.36. The number of carbonyl (C=O) groups excluding carboxylic acids is 1. The predicted octanol–water partition coefficient (Wildman–Crippen LogP) is 1.23. The van der Waals surface area contributed by atoms with Gasteiger partial charge in [-0.1, -0.05) is 18.5 Å². The van der Waals surface area contributed by atoms with Crippen molar-refractivity contribution in [3.8, 4) is 5.75 Å². The number of amides is 1. The Kier molecular flexibility index (Phi) is 6.99. The molecule has 0 heterocycles. The van der Waals surface area contributed by atoms with E-state index in [1.165, 1.54) is 4.90 Å². The third-order valence-corrected chi connectivity index (χ3v) is 3.78. The van der Waals surface area contributed by atoms with Gasteiger partial charge in [-0.15, -0.1) is 0 Å². The molecule has 0 aliphatic rings. The smallest absolute Gasteiger partial charge is 0.257 e. The average molecular weight is 314 g/mol. The summed E-state index contributed by atoms with van der Waals surface area (Å²) in [6.45, 7) is 7.70. The minimum Gasteiger partial charge on any atom is -0.484 e. The monoisotopic (exact) mass is 313 g/mol. The highest BCUT2D eigenvalue weighted by Gasteiger charge is 2.10. The molecule has 1 rings (SSSR count). The van der Waals surface area contributed by atoms with Gasteiger partial charge in [0.2, 0.25) is 0 Å². The van der Waals surface area contributed by atoms with Crippen molar-refractivity contribution < 1.29 is 14.4 Å². The van der Waals surface area contributed by atoms with Gasteiger partial charge in [-0.05, 0) is 37.1 Å². The minimum absolute atomic E-state index is 0.0298. The van der Waals surface area contributed by atoms with Crippen LogP contribution in [-0.4, -0.2) is 39.7 Å². The van der Waals surface area contributed by atoms with Crippen LogP contribution in [0.3, 0.4) is 0 Å². The Labute approximate surface area is 132 Å². The Morgan fingerprint density at radius 2 is 1.90 bits per heavy atom. The first-order valence-electron chi connectivity index (χ1n) is 7.25. The zero-order valence-corrected chi connectivity index (χ0v) is 14.3. The molecule has 5 heteroatoms. The second kappa shape index (κ2) is 8.25. The molecule has 21 heavy (non-hydrogen) atoms. The van der Waals surface area contributed by atoms with Crippen molar-refractivity contribution >= 4 is 17.5 Å². The Hall–Kier alpha value is -1.26. The van der Waals surface area contributed by atoms with E-state index < -0.39 is 0 Å². The molecule has 0 bridgehead atoms. The normalized spacial score (nSPS) is 12.3. The van der Waals surface area contributed by atoms with Crippen molar-refractivity contribution in [1.29, 1.82) is 0 Å². The van der Waals surface area contributed by atoms with Crippen LogP contribution in [0.1, 0.15) is 18.1 Å². The summed E-state index contributed by atoms with van der Waals surface area (Å²) in [5.41, 5.74) is 1.91. The molecule has 0 fully saturated rings. The number of ether oxygens (including phenoxy) is 1. The molecule has 1 atom stereocenters. The van der Waals surface area contributed by atoms with Crippen molar-refractivity contribution in [2.24, 2.45) is 5.92 Å². The molecular weight excluding hydrogens is 288 g/mol. The lowest BCUT2D eigenvalue weighted by Gasteiger charge is -2.15. The third-order valence-electron chi connectivity index (χ3n) is 3.18. The van der Waals surface area contributed by atoms with E-state index in [0.29, 0.717) is 18.2 Å². The van der Waals surface area contributed by atoms with Crippen LogP contribution in [0.2, 0.25) is 5.02 Å². The van der Waals surface area contributed by atoms with Crippen LogP contribution in [0.5, 0.6) is 5.75 Å². The maximum Gasteiger partial charge on any atom is 0.257 e. The highest BCUT2D eigenvalue weighted by Crippen LogP contribution is 2.25. The molecule has 0 saturated carbocycles. The lowest BCUT2D eigenvalue weighted by atomic mass is 10.1. The van der Waals surface area contributed by atoms with Gasteiger partial charge in [0.25, 0.3) is 5.91 Å². The third kappa shape index (κ3) is 6.36. The number of rotatable bonds is 7. The summed E-state index contributed by atoms with van der Waals surface area (Å²) in [5.74, 6) is 1.02. The number of aryl methyl sites for hydroxylation is 2. The van der Waals surface area contributed by atoms with E-state index >= 15 is 0 Å². The van der Waals surface area contributed by atoms with Crippen molar-refractivity contribution in [3.63, 3.8) is 0 Å². The molecular formula is C16H26ClN2O2+. The van der Waals surface area contributed by atoms with Gasteiger partial charge in [-0.25, -0.2) is 0 Å². The van der Waals surface area contributed by atoms with E-state index in [9.17, 15) is 4.79 Å². The molecule has 0 spiro atoms. The molecule has 0 unspecified atom stereocenters. The SMILES string of the molecule is Cc1cc(OCC(=O)NC[C@@H](C)C[NH+](C)C)cc(C)c1Cl. The van der Waals surface area contributed by atoms with Gasteiger partial charge in [0, 0.05) is 17.5 Å². The van der Waals surface area contributed by atoms with E-state index in [0.717, 1.165) is 22.7 Å². The minimum atomic E-state index is -0.0964. The molecule has 4 nitrogen and oxygen atoms in total. The molecule has 1 aromatic rings. The summed E-state index contributed by atoms with van der Waals surface area (Å²) in [6.07, 6.45) is 0. The van der Waals surface area contributed by atoms with E-state index in [-0.39, 0.29) is 12.5 Å². The highest BCUT2D eigenvalue weighted by atomic mass is 35.5. The lowest BCUT2D eigenvalue weighted by Crippen LogP contribution is -3.06. The summed E-state index contributed by atoms with van der Waals surface area (Å²) < 4.78 is 5.52. The fraction of sp³-hybridized carbons (Fsp3) is 0.562. The number of hydrogen-bond donors (Lipinski definition) is 2. The molecule has 1 amide bonds. The quantitative estimate of drug-likeness (QED) is 0.795. The number of hydrogen-bond acceptors (Lipinski definition) is 2. The van der Waals surface area contributed by atoms with Crippen LogP contribution in [-0.2, 0) is 4.79 Å². The predicted molar refractivity (Wildman–Crippen MR) is 86.3 cm³/mol. The van der Waals surface area contributed by atoms with Crippen LogP contribution in [0.15, 0.2) is 12.1 Å². The van der Waals surface area contributed by atoms with E-state index in [1.807, 2.05) is 26.0 Å². The Morgan fingerprint density at radius 3 is 2.43 bits per heavy atom. The van der Waals surface area contributed by atoms with Gasteiger partial charge in [0.15, 0.2) is 6.61 Å². The first-order valence-corrected chi connectivity index (χ1v) is 7.62. The summed E-state index contributed by atoms with van der Waals surface area (Å²) in [6, 6.07) is 3.70. The van der Waals surface area contributed by atoms with Gasteiger partial charge in [-0.3, -0.25) is 4.79 Å². The molecule has 2 N–H and O–H groups in total. The van der Waals surface area contributed by atoms with Crippen molar-refractivity contribution in [2.75, 3.05) is 33.8 Å². The number of carbonyl (C=O) groups is 1. The second-order valence-electron chi connectivity index (χ2n) is 5.98. The summed E-state index contributed by atoms with van der Waals surface area (Å²) >= 11 is 6.10. The molecule has 0 aromatic heterocycles. The molecule has 0 saturated heterocycles. The van der Waals surface area contributed by atoms with Crippen molar-refractivity contribution in [3.05, 3.63) is 28.3 Å². The summed E-state index contributed by atoms with van der Waals surface area (Å²) in [5, 5.41) is 3.64.